The maximum absolute atomic E-state index is 12.0. The molecule has 0 heterocycles. The molecule has 0 bridgehead atoms. The van der Waals surface area contributed by atoms with Crippen molar-refractivity contribution in [3.05, 3.63) is 166 Å². The average molecular weight is 751 g/mol. The lowest BCUT2D eigenvalue weighted by Gasteiger charge is -2.28. The van der Waals surface area contributed by atoms with Gasteiger partial charge in [0.05, 0.1) is 0 Å². The highest BCUT2D eigenvalue weighted by Gasteiger charge is 2.28. The first-order valence-electron chi connectivity index (χ1n) is 19.0. The van der Waals surface area contributed by atoms with E-state index in [4.69, 9.17) is 32.2 Å². The summed E-state index contributed by atoms with van der Waals surface area (Å²) in [7, 11) is 0. The summed E-state index contributed by atoms with van der Waals surface area (Å²) in [6.07, 6.45) is 0. The van der Waals surface area contributed by atoms with Crippen LogP contribution in [0.25, 0.3) is 10.8 Å². The second-order valence-corrected chi connectivity index (χ2v) is 15.6. The second kappa shape index (κ2) is 15.5. The van der Waals surface area contributed by atoms with Crippen LogP contribution < -0.4 is 32.2 Å². The van der Waals surface area contributed by atoms with Gasteiger partial charge >= 0.3 is 0 Å². The van der Waals surface area contributed by atoms with E-state index in [0.29, 0.717) is 22.9 Å². The number of fused-ring (bicyclic) bond motifs is 1. The lowest BCUT2D eigenvalue weighted by molar-refractivity contribution is 0.329. The smallest absolute Gasteiger partial charge is 0.152 e. The quantitative estimate of drug-likeness (QED) is 0.0720. The first-order valence-corrected chi connectivity index (χ1v) is 19.0. The SMILES string of the molecule is Cc1cc(C(c2ccc3ccc(C(c4cc(C)c(ON)c(C)c4C)c4cc(C)c(ON)c(C)c4C)cc3c2)c2cc(C)c(ON)c(C)c2C)c(C)c(C)c1N=O. The highest BCUT2D eigenvalue weighted by molar-refractivity contribution is 5.85. The Kier molecular flexibility index (Phi) is 11.1. The summed E-state index contributed by atoms with van der Waals surface area (Å²) in [5, 5.41) is 5.65. The van der Waals surface area contributed by atoms with Crippen LogP contribution in [0.1, 0.15) is 112 Å². The monoisotopic (exact) mass is 750 g/mol. The molecule has 0 aliphatic rings. The molecule has 0 aliphatic heterocycles. The summed E-state index contributed by atoms with van der Waals surface area (Å²) in [5.41, 5.74) is 19.4. The molecule has 0 radical (unpaired) electrons. The Morgan fingerprint density at radius 2 is 0.732 bits per heavy atom. The summed E-state index contributed by atoms with van der Waals surface area (Å²) in [5.74, 6) is 19.1. The van der Waals surface area contributed by atoms with E-state index in [-0.39, 0.29) is 11.8 Å². The van der Waals surface area contributed by atoms with Gasteiger partial charge in [-0.2, -0.15) is 17.7 Å². The fourth-order valence-corrected chi connectivity index (χ4v) is 8.95. The first-order chi connectivity index (χ1) is 26.6. The van der Waals surface area contributed by atoms with Crippen LogP contribution in [0.5, 0.6) is 17.2 Å². The van der Waals surface area contributed by atoms with Crippen LogP contribution in [-0.4, -0.2) is 0 Å². The molecule has 0 aromatic heterocycles. The van der Waals surface area contributed by atoms with Crippen molar-refractivity contribution in [2.45, 2.75) is 94.9 Å². The lowest BCUT2D eigenvalue weighted by atomic mass is 9.76. The van der Waals surface area contributed by atoms with Gasteiger partial charge < -0.3 is 14.5 Å². The molecule has 8 heteroatoms. The van der Waals surface area contributed by atoms with Gasteiger partial charge in [-0.15, -0.1) is 4.91 Å². The Bertz CT molecular complexity index is 2490. The summed E-state index contributed by atoms with van der Waals surface area (Å²) >= 11 is 0. The Balaban J connectivity index is 1.66. The van der Waals surface area contributed by atoms with Crippen LogP contribution in [-0.2, 0) is 0 Å². The fourth-order valence-electron chi connectivity index (χ4n) is 8.95. The van der Waals surface area contributed by atoms with Crippen molar-refractivity contribution >= 4 is 16.5 Å². The molecule has 0 amide bonds. The number of nitrogens with two attached hydrogens (primary N) is 3. The molecule has 6 aromatic carbocycles. The van der Waals surface area contributed by atoms with Gasteiger partial charge in [0.2, 0.25) is 0 Å². The third-order valence-corrected chi connectivity index (χ3v) is 12.5. The Hall–Kier alpha value is -5.54. The predicted octanol–water partition coefficient (Wildman–Crippen LogP) is 11.1. The summed E-state index contributed by atoms with van der Waals surface area (Å²) in [4.78, 5) is 28.1. The molecule has 0 spiro atoms. The van der Waals surface area contributed by atoms with E-state index in [1.165, 1.54) is 11.1 Å². The molecule has 290 valence electrons. The van der Waals surface area contributed by atoms with Gasteiger partial charge in [0.25, 0.3) is 0 Å². The topological polar surface area (TPSA) is 135 Å². The number of benzene rings is 6. The van der Waals surface area contributed by atoms with Gasteiger partial charge in [0, 0.05) is 11.8 Å². The average Bonchev–Trinajstić information content (AvgIpc) is 3.17. The van der Waals surface area contributed by atoms with Crippen molar-refractivity contribution in [2.24, 2.45) is 22.9 Å². The summed E-state index contributed by atoms with van der Waals surface area (Å²) in [6, 6.07) is 22.3. The molecule has 56 heavy (non-hydrogen) atoms. The third kappa shape index (κ3) is 6.61. The van der Waals surface area contributed by atoms with E-state index < -0.39 is 0 Å². The molecule has 6 N–H and O–H groups in total. The van der Waals surface area contributed by atoms with Crippen LogP contribution in [0, 0.1) is 88.0 Å². The number of rotatable bonds is 10. The van der Waals surface area contributed by atoms with Crippen LogP contribution in [0.2, 0.25) is 0 Å². The van der Waals surface area contributed by atoms with E-state index in [1.54, 1.807) is 0 Å². The molecule has 1 unspecified atom stereocenters. The van der Waals surface area contributed by atoms with E-state index in [2.05, 4.69) is 114 Å². The minimum atomic E-state index is -0.158. The first kappa shape index (κ1) is 40.1. The van der Waals surface area contributed by atoms with Crippen molar-refractivity contribution in [1.82, 2.24) is 0 Å². The maximum Gasteiger partial charge on any atom is 0.152 e. The molecule has 0 saturated carbocycles. The van der Waals surface area contributed by atoms with Crippen molar-refractivity contribution in [3.8, 4) is 17.2 Å². The van der Waals surface area contributed by atoms with Crippen molar-refractivity contribution in [2.75, 3.05) is 0 Å². The zero-order valence-corrected chi connectivity index (χ0v) is 34.7. The molecule has 8 nitrogen and oxygen atoms in total. The number of aryl methyl sites for hydroxylation is 4. The fraction of sp³-hybridized carbons (Fsp3) is 0.292. The van der Waals surface area contributed by atoms with E-state index in [0.717, 1.165) is 99.8 Å². The number of hydrogen-bond donors (Lipinski definition) is 3. The number of hydrogen-bond acceptors (Lipinski definition) is 8. The van der Waals surface area contributed by atoms with Crippen molar-refractivity contribution < 1.29 is 14.5 Å². The van der Waals surface area contributed by atoms with Crippen molar-refractivity contribution in [3.63, 3.8) is 0 Å². The Labute approximate surface area is 330 Å². The normalized spacial score (nSPS) is 12.0. The van der Waals surface area contributed by atoms with Gasteiger partial charge in [0.1, 0.15) is 5.69 Å². The number of nitroso groups, excluding NO2 is 1. The predicted molar refractivity (Wildman–Crippen MR) is 228 cm³/mol. The van der Waals surface area contributed by atoms with Crippen LogP contribution in [0.4, 0.5) is 5.69 Å². The molecular weight excluding hydrogens is 697 g/mol. The Morgan fingerprint density at radius 3 is 1.05 bits per heavy atom. The minimum absolute atomic E-state index is 0.125. The second-order valence-electron chi connectivity index (χ2n) is 15.6. The molecule has 0 saturated heterocycles. The molecule has 0 aliphatic carbocycles. The minimum Gasteiger partial charge on any atom is -0.411 e. The van der Waals surface area contributed by atoms with Gasteiger partial charge in [-0.3, -0.25) is 0 Å². The van der Waals surface area contributed by atoms with E-state index >= 15 is 0 Å². The lowest BCUT2D eigenvalue weighted by Crippen LogP contribution is -2.14. The van der Waals surface area contributed by atoms with E-state index in [9.17, 15) is 4.91 Å². The molecule has 6 aromatic rings. The zero-order chi connectivity index (χ0) is 40.9. The molecule has 0 fully saturated rings. The molecule has 1 atom stereocenters. The maximum atomic E-state index is 12.0. The van der Waals surface area contributed by atoms with Gasteiger partial charge in [-0.1, -0.05) is 60.7 Å². The van der Waals surface area contributed by atoms with Crippen molar-refractivity contribution in [1.29, 1.82) is 0 Å². The zero-order valence-electron chi connectivity index (χ0n) is 34.7. The molecule has 6 rings (SSSR count). The van der Waals surface area contributed by atoms with Crippen LogP contribution in [0.3, 0.4) is 0 Å². The molecular formula is C48H54N4O4. The highest BCUT2D eigenvalue weighted by atomic mass is 16.6. The van der Waals surface area contributed by atoms with E-state index in [1.807, 2.05) is 34.6 Å². The Morgan fingerprint density at radius 1 is 0.411 bits per heavy atom. The largest absolute Gasteiger partial charge is 0.411 e. The summed E-state index contributed by atoms with van der Waals surface area (Å²) in [6.45, 7) is 24.7. The van der Waals surface area contributed by atoms with Gasteiger partial charge in [-0.05, 0) is 199 Å². The van der Waals surface area contributed by atoms with Gasteiger partial charge in [-0.25, -0.2) is 0 Å². The van der Waals surface area contributed by atoms with Crippen LogP contribution in [0.15, 0.2) is 65.8 Å². The standard InChI is InChI=1S/C48H54N4O4/c1-23-17-39(27(5)31(9)45(23)52-53)43(40-18-24(2)46(54-49)32(10)28(40)6)36-15-13-35-14-16-37(22-38(35)21-36)44(41-19-25(3)47(55-50)33(11)29(41)7)42-20-26(4)48(56-51)34(12)30(42)8/h13-22,43-44H,49-51H2,1-12H3. The highest BCUT2D eigenvalue weighted by Crippen LogP contribution is 2.46. The number of nitrogens with zero attached hydrogens (tertiary/aromatic N) is 1. The summed E-state index contributed by atoms with van der Waals surface area (Å²) < 4.78 is 0. The van der Waals surface area contributed by atoms with Crippen LogP contribution >= 0.6 is 0 Å². The third-order valence-electron chi connectivity index (χ3n) is 12.5. The van der Waals surface area contributed by atoms with Gasteiger partial charge in [0.15, 0.2) is 17.2 Å².